The molecule has 0 N–H and O–H groups in total. The first kappa shape index (κ1) is 25.1. The third-order valence-corrected chi connectivity index (χ3v) is 12.5. The number of benzene rings is 4. The van der Waals surface area contributed by atoms with Crippen molar-refractivity contribution in [2.45, 2.75) is 11.1 Å². The van der Waals surface area contributed by atoms with Crippen molar-refractivity contribution < 1.29 is 0 Å². The van der Waals surface area contributed by atoms with E-state index in [1.54, 1.807) is 0 Å². The molecule has 5 rings (SSSR count). The first-order chi connectivity index (χ1) is 16.2. The number of rotatable bonds is 6. The van der Waals surface area contributed by atoms with Crippen LogP contribution in [0.25, 0.3) is 10.6 Å². The van der Waals surface area contributed by atoms with Crippen LogP contribution in [0.15, 0.2) is 119 Å². The van der Waals surface area contributed by atoms with Gasteiger partial charge in [0, 0.05) is 5.56 Å². The zero-order chi connectivity index (χ0) is 22.7. The van der Waals surface area contributed by atoms with Crippen molar-refractivity contribution in [2.24, 2.45) is 0 Å². The molecule has 5 heteroatoms. The SMILES string of the molecule is CSc1sc(-c2ccc(C)cc2)nc1[P+](c1ccccc1)(c1ccccc1)c1ccccc1.I. The Morgan fingerprint density at radius 1 is 0.647 bits per heavy atom. The molecule has 0 radical (unpaired) electrons. The second-order valence-electron chi connectivity index (χ2n) is 7.88. The van der Waals surface area contributed by atoms with E-state index >= 15 is 0 Å². The van der Waals surface area contributed by atoms with Crippen LogP contribution in [-0.2, 0) is 0 Å². The number of nitrogens with zero attached hydrogens (tertiary/aromatic N) is 1. The summed E-state index contributed by atoms with van der Waals surface area (Å²) in [6, 6.07) is 41.6. The van der Waals surface area contributed by atoms with Crippen LogP contribution in [0.5, 0.6) is 0 Å². The molecule has 0 aliphatic rings. The van der Waals surface area contributed by atoms with E-state index in [-0.39, 0.29) is 24.0 Å². The number of aryl methyl sites for hydroxylation is 1. The molecule has 34 heavy (non-hydrogen) atoms. The molecular formula is C29H26INPS2+. The van der Waals surface area contributed by atoms with Gasteiger partial charge in [-0.1, -0.05) is 84.4 Å². The van der Waals surface area contributed by atoms with Gasteiger partial charge >= 0.3 is 0 Å². The largest absolute Gasteiger partial charge is 0.223 e. The minimum atomic E-state index is -2.19. The van der Waals surface area contributed by atoms with Gasteiger partial charge in [-0.15, -0.1) is 47.1 Å². The van der Waals surface area contributed by atoms with Crippen LogP contribution in [0.4, 0.5) is 0 Å². The molecule has 1 aromatic heterocycles. The summed E-state index contributed by atoms with van der Waals surface area (Å²) in [4.78, 5) is 5.43. The average molecular weight is 611 g/mol. The van der Waals surface area contributed by atoms with Gasteiger partial charge < -0.3 is 0 Å². The zero-order valence-corrected chi connectivity index (χ0v) is 23.9. The molecule has 4 aromatic carbocycles. The van der Waals surface area contributed by atoms with E-state index in [4.69, 9.17) is 4.98 Å². The second kappa shape index (κ2) is 11.2. The monoisotopic (exact) mass is 610 g/mol. The van der Waals surface area contributed by atoms with E-state index in [9.17, 15) is 0 Å². The van der Waals surface area contributed by atoms with Gasteiger partial charge in [0.1, 0.15) is 25.1 Å². The molecule has 0 aliphatic carbocycles. The number of aromatic nitrogens is 1. The van der Waals surface area contributed by atoms with Gasteiger partial charge in [-0.3, -0.25) is 0 Å². The fourth-order valence-electron chi connectivity index (χ4n) is 4.23. The Hall–Kier alpha value is -1.98. The number of hydrogen-bond acceptors (Lipinski definition) is 3. The summed E-state index contributed by atoms with van der Waals surface area (Å²) in [5.74, 6) is 0. The lowest BCUT2D eigenvalue weighted by Gasteiger charge is -2.26. The molecule has 5 aromatic rings. The van der Waals surface area contributed by atoms with Crippen molar-refractivity contribution in [3.05, 3.63) is 121 Å². The predicted octanol–water partition coefficient (Wildman–Crippen LogP) is 7.08. The number of halogens is 1. The fourth-order valence-corrected chi connectivity index (χ4v) is 11.0. The lowest BCUT2D eigenvalue weighted by molar-refractivity contribution is 1.42. The van der Waals surface area contributed by atoms with Gasteiger partial charge in [0.15, 0.2) is 7.26 Å². The Morgan fingerprint density at radius 2 is 1.09 bits per heavy atom. The van der Waals surface area contributed by atoms with Crippen LogP contribution in [0.3, 0.4) is 0 Å². The number of thioether (sulfide) groups is 1. The average Bonchev–Trinajstić information content (AvgIpc) is 3.32. The smallest absolute Gasteiger partial charge is 0.200 e. The Morgan fingerprint density at radius 3 is 1.50 bits per heavy atom. The Kier molecular flexibility index (Phi) is 8.26. The topological polar surface area (TPSA) is 12.9 Å². The van der Waals surface area contributed by atoms with Crippen LogP contribution < -0.4 is 21.3 Å². The molecule has 0 atom stereocenters. The number of thiazole rings is 1. The van der Waals surface area contributed by atoms with Crippen molar-refractivity contribution in [2.75, 3.05) is 6.26 Å². The molecule has 0 spiro atoms. The van der Waals surface area contributed by atoms with Crippen LogP contribution in [-0.4, -0.2) is 11.2 Å². The molecule has 1 heterocycles. The molecule has 0 unspecified atom stereocenters. The van der Waals surface area contributed by atoms with Gasteiger partial charge in [0.2, 0.25) is 5.44 Å². The van der Waals surface area contributed by atoms with E-state index in [0.717, 1.165) is 5.01 Å². The third-order valence-electron chi connectivity index (χ3n) is 5.81. The summed E-state index contributed by atoms with van der Waals surface area (Å²) in [6.07, 6.45) is 2.17. The summed E-state index contributed by atoms with van der Waals surface area (Å²) in [5.41, 5.74) is 3.65. The van der Waals surface area contributed by atoms with Crippen LogP contribution in [0.2, 0.25) is 0 Å². The van der Waals surface area contributed by atoms with Crippen molar-refractivity contribution in [3.8, 4) is 10.6 Å². The maximum absolute atomic E-state index is 5.43. The second-order valence-corrected chi connectivity index (χ2v) is 13.3. The third kappa shape index (κ3) is 4.61. The molecule has 1 nitrogen and oxygen atoms in total. The summed E-state index contributed by atoms with van der Waals surface area (Å²) < 4.78 is 1.29. The van der Waals surface area contributed by atoms with E-state index in [1.807, 2.05) is 23.1 Å². The maximum Gasteiger partial charge on any atom is 0.223 e. The van der Waals surface area contributed by atoms with Crippen LogP contribution in [0, 0.1) is 6.92 Å². The highest BCUT2D eigenvalue weighted by atomic mass is 127. The molecule has 0 bridgehead atoms. The van der Waals surface area contributed by atoms with Gasteiger partial charge in [-0.2, -0.15) is 4.98 Å². The first-order valence-corrected chi connectivity index (χ1v) is 14.7. The lowest BCUT2D eigenvalue weighted by atomic mass is 10.2. The summed E-state index contributed by atoms with van der Waals surface area (Å²) in [6.45, 7) is 2.13. The van der Waals surface area contributed by atoms with Gasteiger partial charge in [0.05, 0.1) is 0 Å². The van der Waals surface area contributed by atoms with Gasteiger partial charge in [0.25, 0.3) is 0 Å². The first-order valence-electron chi connectivity index (χ1n) is 10.9. The quantitative estimate of drug-likeness (QED) is 0.116. The summed E-state index contributed by atoms with van der Waals surface area (Å²) >= 11 is 3.62. The molecule has 0 amide bonds. The van der Waals surface area contributed by atoms with E-state index in [0.29, 0.717) is 0 Å². The van der Waals surface area contributed by atoms with E-state index < -0.39 is 7.26 Å². The van der Waals surface area contributed by atoms with Crippen molar-refractivity contribution >= 4 is 75.7 Å². The minimum absolute atomic E-state index is 0. The van der Waals surface area contributed by atoms with Crippen molar-refractivity contribution in [1.82, 2.24) is 4.98 Å². The maximum atomic E-state index is 5.43. The summed E-state index contributed by atoms with van der Waals surface area (Å²) in [5, 5.41) is 5.08. The molecule has 0 aliphatic heterocycles. The molecule has 0 fully saturated rings. The minimum Gasteiger partial charge on any atom is -0.200 e. The highest BCUT2D eigenvalue weighted by Crippen LogP contribution is 2.56. The fraction of sp³-hybridized carbons (Fsp3) is 0.0690. The van der Waals surface area contributed by atoms with Gasteiger partial charge in [-0.25, -0.2) is 0 Å². The Balaban J connectivity index is 0.00000274. The molecule has 0 saturated carbocycles. The van der Waals surface area contributed by atoms with E-state index in [1.165, 1.54) is 36.7 Å². The molecule has 0 saturated heterocycles. The van der Waals surface area contributed by atoms with Crippen molar-refractivity contribution in [1.29, 1.82) is 0 Å². The predicted molar refractivity (Wildman–Crippen MR) is 164 cm³/mol. The Labute approximate surface area is 228 Å². The number of hydrogen-bond donors (Lipinski definition) is 0. The van der Waals surface area contributed by atoms with Gasteiger partial charge in [-0.05, 0) is 49.6 Å². The normalized spacial score (nSPS) is 11.1. The molecular weight excluding hydrogens is 584 g/mol. The zero-order valence-electron chi connectivity index (χ0n) is 19.1. The van der Waals surface area contributed by atoms with Crippen LogP contribution >= 0.6 is 54.3 Å². The van der Waals surface area contributed by atoms with Crippen LogP contribution in [0.1, 0.15) is 5.56 Å². The highest BCUT2D eigenvalue weighted by molar-refractivity contribution is 14.0. The standard InChI is InChI=1S/C29H25NPS2.HI/c1-22-18-20-23(21-19-22)28-30-27(29(32-2)33-28)31(24-12-6-3-7-13-24,25-14-8-4-9-15-25)26-16-10-5-11-17-26;/h3-21H,1-2H3;1H/q+1;. The Bertz CT molecular complexity index is 1240. The van der Waals surface area contributed by atoms with E-state index in [2.05, 4.69) is 128 Å². The summed E-state index contributed by atoms with van der Waals surface area (Å²) in [7, 11) is -2.19. The lowest BCUT2D eigenvalue weighted by Crippen LogP contribution is -2.39. The van der Waals surface area contributed by atoms with Crippen molar-refractivity contribution in [3.63, 3.8) is 0 Å². The molecule has 170 valence electrons. The highest BCUT2D eigenvalue weighted by Gasteiger charge is 2.51.